The molecule has 0 aliphatic carbocycles. The van der Waals surface area contributed by atoms with E-state index >= 15 is 0 Å². The van der Waals surface area contributed by atoms with Crippen molar-refractivity contribution >= 4 is 33.9 Å². The van der Waals surface area contributed by atoms with Gasteiger partial charge in [-0.3, -0.25) is 0 Å². The molecule has 0 aliphatic rings. The Morgan fingerprint density at radius 2 is 1.61 bits per heavy atom. The molecule has 4 aromatic carbocycles. The monoisotopic (exact) mass is 501 g/mol. The normalized spacial score (nSPS) is 10.4. The number of anilines is 1. The molecule has 0 unspecified atom stereocenters. The van der Waals surface area contributed by atoms with Crippen LogP contribution in [-0.4, -0.2) is 22.4 Å². The molecule has 0 aromatic heterocycles. The molecule has 5 heteroatoms. The van der Waals surface area contributed by atoms with E-state index in [1.807, 2.05) is 54.4 Å². The molecule has 0 amide bonds. The average molecular weight is 502 g/mol. The molecule has 36 heavy (non-hydrogen) atoms. The maximum absolute atomic E-state index is 9.49. The second kappa shape index (κ2) is 13.5. The van der Waals surface area contributed by atoms with Crippen molar-refractivity contribution in [3.8, 4) is 17.2 Å². The van der Waals surface area contributed by atoms with Crippen molar-refractivity contribution in [3.63, 3.8) is 0 Å². The quantitative estimate of drug-likeness (QED) is 0.198. The number of benzene rings is 4. The molecular weight excluding hydrogens is 466 g/mol. The summed E-state index contributed by atoms with van der Waals surface area (Å²) in [6.07, 6.45) is 5.68. The molecular formula is C31H35NO3S. The second-order valence-corrected chi connectivity index (χ2v) is 9.25. The van der Waals surface area contributed by atoms with Gasteiger partial charge in [0.05, 0.1) is 0 Å². The maximum atomic E-state index is 9.49. The number of aromatic hydroxyl groups is 2. The van der Waals surface area contributed by atoms with E-state index in [9.17, 15) is 5.11 Å². The van der Waals surface area contributed by atoms with Crippen molar-refractivity contribution in [2.75, 3.05) is 11.9 Å². The van der Waals surface area contributed by atoms with Gasteiger partial charge in [-0.05, 0) is 84.2 Å². The topological polar surface area (TPSA) is 52.9 Å². The van der Waals surface area contributed by atoms with Gasteiger partial charge in [-0.15, -0.1) is 0 Å². The minimum absolute atomic E-state index is 0.125. The highest BCUT2D eigenvalue weighted by molar-refractivity contribution is 7.80. The van der Waals surface area contributed by atoms with Gasteiger partial charge in [-0.2, -0.15) is 0 Å². The minimum atomic E-state index is 0.125. The van der Waals surface area contributed by atoms with E-state index in [1.165, 1.54) is 36.3 Å². The molecule has 4 rings (SSSR count). The highest BCUT2D eigenvalue weighted by atomic mass is 32.1. The first-order chi connectivity index (χ1) is 17.4. The van der Waals surface area contributed by atoms with Crippen molar-refractivity contribution < 1.29 is 14.9 Å². The van der Waals surface area contributed by atoms with E-state index < -0.39 is 0 Å². The molecule has 0 saturated heterocycles. The fourth-order valence-corrected chi connectivity index (χ4v) is 4.05. The predicted octanol–water partition coefficient (Wildman–Crippen LogP) is 8.17. The Bertz CT molecular complexity index is 1290. The van der Waals surface area contributed by atoms with E-state index in [0.717, 1.165) is 35.2 Å². The fraction of sp³-hybridized carbons (Fsp3) is 0.258. The van der Waals surface area contributed by atoms with Gasteiger partial charge in [0, 0.05) is 18.8 Å². The van der Waals surface area contributed by atoms with E-state index in [4.69, 9.17) is 22.1 Å². The van der Waals surface area contributed by atoms with Crippen LogP contribution in [-0.2, 0) is 6.42 Å². The predicted molar refractivity (Wildman–Crippen MR) is 154 cm³/mol. The highest BCUT2D eigenvalue weighted by Crippen LogP contribution is 2.24. The lowest BCUT2D eigenvalue weighted by Gasteiger charge is -2.20. The molecule has 0 radical (unpaired) electrons. The summed E-state index contributed by atoms with van der Waals surface area (Å²) >= 11 is 5.41. The van der Waals surface area contributed by atoms with E-state index in [0.29, 0.717) is 5.17 Å². The Labute approximate surface area is 219 Å². The van der Waals surface area contributed by atoms with Gasteiger partial charge in [0.1, 0.15) is 17.2 Å². The summed E-state index contributed by atoms with van der Waals surface area (Å²) in [5, 5.41) is 21.3. The largest absolute Gasteiger partial charge is 0.508 e. The van der Waals surface area contributed by atoms with Crippen LogP contribution in [0.5, 0.6) is 17.2 Å². The summed E-state index contributed by atoms with van der Waals surface area (Å²) < 4.78 is 5.84. The number of fused-ring (bicyclic) bond motifs is 1. The number of aryl methyl sites for hydroxylation is 2. The minimum Gasteiger partial charge on any atom is -0.508 e. The van der Waals surface area contributed by atoms with Crippen molar-refractivity contribution in [3.05, 3.63) is 96.1 Å². The van der Waals surface area contributed by atoms with Gasteiger partial charge in [0.15, 0.2) is 0 Å². The summed E-state index contributed by atoms with van der Waals surface area (Å²) in [5.41, 5.74) is 3.14. The summed E-state index contributed by atoms with van der Waals surface area (Å²) in [6, 6.07) is 27.2. The standard InChI is InChI=1S/C19H17NOS.C12H18O2/c1-14-6-5-9-17(12-14)20(2)19(22)21-18-11-10-15-7-3-4-8-16(15)13-18;1-2-3-4-5-6-10-7-8-11(13)9-12(10)14/h3-13H,1-2H3;7-9,13-14H,2-6H2,1H3. The maximum Gasteiger partial charge on any atom is 0.269 e. The van der Waals surface area contributed by atoms with Crippen LogP contribution >= 0.6 is 12.2 Å². The number of unbranched alkanes of at least 4 members (excludes halogenated alkanes) is 3. The van der Waals surface area contributed by atoms with Gasteiger partial charge in [0.2, 0.25) is 0 Å². The number of ether oxygens (including phenoxy) is 1. The Morgan fingerprint density at radius 3 is 2.33 bits per heavy atom. The van der Waals surface area contributed by atoms with Gasteiger partial charge < -0.3 is 19.8 Å². The third-order valence-electron chi connectivity index (χ3n) is 5.96. The third kappa shape index (κ3) is 7.99. The molecule has 0 saturated carbocycles. The molecule has 0 atom stereocenters. The van der Waals surface area contributed by atoms with Crippen molar-refractivity contribution in [2.24, 2.45) is 0 Å². The van der Waals surface area contributed by atoms with Crippen LogP contribution in [0.4, 0.5) is 5.69 Å². The number of phenols is 2. The zero-order valence-electron chi connectivity index (χ0n) is 21.3. The Kier molecular flexibility index (Phi) is 10.1. The molecule has 4 nitrogen and oxygen atoms in total. The molecule has 2 N–H and O–H groups in total. The number of rotatable bonds is 7. The second-order valence-electron chi connectivity index (χ2n) is 8.90. The average Bonchev–Trinajstić information content (AvgIpc) is 2.87. The van der Waals surface area contributed by atoms with Crippen LogP contribution in [0.25, 0.3) is 10.8 Å². The molecule has 4 aromatic rings. The smallest absolute Gasteiger partial charge is 0.269 e. The number of hydrogen-bond donors (Lipinski definition) is 2. The number of thiocarbonyl (C=S) groups is 1. The summed E-state index contributed by atoms with van der Waals surface area (Å²) in [4.78, 5) is 1.87. The van der Waals surface area contributed by atoms with Crippen LogP contribution in [0.3, 0.4) is 0 Å². The number of nitrogens with zero attached hydrogens (tertiary/aromatic N) is 1. The molecule has 0 spiro atoms. The van der Waals surface area contributed by atoms with Crippen LogP contribution in [0.2, 0.25) is 0 Å². The van der Waals surface area contributed by atoms with E-state index in [2.05, 4.69) is 38.1 Å². The first-order valence-corrected chi connectivity index (χ1v) is 12.8. The molecule has 0 fully saturated rings. The first kappa shape index (κ1) is 27.0. The van der Waals surface area contributed by atoms with Crippen molar-refractivity contribution in [1.29, 1.82) is 0 Å². The lowest BCUT2D eigenvalue weighted by molar-refractivity contribution is 0.445. The van der Waals surface area contributed by atoms with Gasteiger partial charge in [-0.1, -0.05) is 74.7 Å². The lowest BCUT2D eigenvalue weighted by atomic mass is 10.1. The summed E-state index contributed by atoms with van der Waals surface area (Å²) in [6.45, 7) is 4.24. The van der Waals surface area contributed by atoms with Gasteiger partial charge in [-0.25, -0.2) is 0 Å². The van der Waals surface area contributed by atoms with Crippen LogP contribution in [0.1, 0.15) is 43.7 Å². The van der Waals surface area contributed by atoms with Crippen LogP contribution < -0.4 is 9.64 Å². The highest BCUT2D eigenvalue weighted by Gasteiger charge is 2.10. The van der Waals surface area contributed by atoms with E-state index in [-0.39, 0.29) is 11.5 Å². The lowest BCUT2D eigenvalue weighted by Crippen LogP contribution is -2.29. The molecule has 0 heterocycles. The Morgan fingerprint density at radius 1 is 0.833 bits per heavy atom. The summed E-state index contributed by atoms with van der Waals surface area (Å²) in [5.74, 6) is 1.09. The molecule has 188 valence electrons. The number of phenolic OH excluding ortho intramolecular Hbond substituents is 2. The molecule has 0 bridgehead atoms. The number of hydrogen-bond acceptors (Lipinski definition) is 4. The Hall–Kier alpha value is -3.57. The molecule has 0 aliphatic heterocycles. The fourth-order valence-electron chi connectivity index (χ4n) is 3.85. The van der Waals surface area contributed by atoms with Crippen LogP contribution in [0, 0.1) is 6.92 Å². The van der Waals surface area contributed by atoms with Gasteiger partial charge >= 0.3 is 0 Å². The van der Waals surface area contributed by atoms with Crippen molar-refractivity contribution in [1.82, 2.24) is 0 Å². The summed E-state index contributed by atoms with van der Waals surface area (Å²) in [7, 11) is 1.91. The van der Waals surface area contributed by atoms with Crippen molar-refractivity contribution in [2.45, 2.75) is 46.0 Å². The third-order valence-corrected chi connectivity index (χ3v) is 6.31. The Balaban J connectivity index is 0.000000223. The van der Waals surface area contributed by atoms with Crippen LogP contribution in [0.15, 0.2) is 84.9 Å². The first-order valence-electron chi connectivity index (χ1n) is 12.4. The van der Waals surface area contributed by atoms with E-state index in [1.54, 1.807) is 12.1 Å². The van der Waals surface area contributed by atoms with Gasteiger partial charge in [0.25, 0.3) is 5.17 Å². The SMILES string of the molecule is CCCCCCc1ccc(O)cc1O.Cc1cccc(N(C)C(=S)Oc2ccc3ccccc3c2)c1. The zero-order valence-corrected chi connectivity index (χ0v) is 22.1. The zero-order chi connectivity index (χ0) is 25.9.